The van der Waals surface area contributed by atoms with Crippen LogP contribution >= 0.6 is 0 Å². The van der Waals surface area contributed by atoms with Gasteiger partial charge in [0.25, 0.3) is 0 Å². The molecule has 1 saturated heterocycles. The average molecular weight is 285 g/mol. The molecular formula is C13H21N2O3S+. The van der Waals surface area contributed by atoms with Gasteiger partial charge in [-0.2, -0.15) is 4.31 Å². The number of sulfonamides is 1. The molecule has 0 unspecified atom stereocenters. The SMILES string of the molecule is COc1ccc(C[NH+]2CCN(S(C)(=O)=O)CC2)cc1. The van der Waals surface area contributed by atoms with Gasteiger partial charge in [0, 0.05) is 5.56 Å². The Morgan fingerprint density at radius 3 is 2.26 bits per heavy atom. The van der Waals surface area contributed by atoms with Gasteiger partial charge in [0.05, 0.1) is 39.5 Å². The van der Waals surface area contributed by atoms with Crippen LogP contribution in [0.1, 0.15) is 5.56 Å². The van der Waals surface area contributed by atoms with Crippen molar-refractivity contribution in [2.24, 2.45) is 0 Å². The molecule has 0 bridgehead atoms. The van der Waals surface area contributed by atoms with Gasteiger partial charge in [-0.25, -0.2) is 8.42 Å². The number of ether oxygens (including phenoxy) is 1. The Morgan fingerprint density at radius 2 is 1.79 bits per heavy atom. The Bertz CT molecular complexity index is 505. The molecule has 106 valence electrons. The summed E-state index contributed by atoms with van der Waals surface area (Å²) < 4.78 is 29.5. The first kappa shape index (κ1) is 14.3. The number of benzene rings is 1. The van der Waals surface area contributed by atoms with Crippen LogP contribution in [0.15, 0.2) is 24.3 Å². The second-order valence-electron chi connectivity index (χ2n) is 4.94. The number of piperazine rings is 1. The zero-order valence-electron chi connectivity index (χ0n) is 11.4. The predicted octanol–water partition coefficient (Wildman–Crippen LogP) is -0.645. The van der Waals surface area contributed by atoms with Gasteiger partial charge in [-0.15, -0.1) is 0 Å². The summed E-state index contributed by atoms with van der Waals surface area (Å²) in [6.07, 6.45) is 1.28. The predicted molar refractivity (Wildman–Crippen MR) is 73.8 cm³/mol. The number of hydrogen-bond donors (Lipinski definition) is 1. The van der Waals surface area contributed by atoms with E-state index in [2.05, 4.69) is 12.1 Å². The standard InChI is InChI=1S/C13H20N2O3S/c1-18-13-5-3-12(4-6-13)11-14-7-9-15(10-8-14)19(2,16)17/h3-6H,7-11H2,1-2H3/p+1. The maximum atomic E-state index is 11.4. The molecule has 1 aromatic carbocycles. The van der Waals surface area contributed by atoms with Crippen molar-refractivity contribution in [3.8, 4) is 5.75 Å². The first-order valence-electron chi connectivity index (χ1n) is 6.40. The molecule has 0 radical (unpaired) electrons. The Balaban J connectivity index is 1.88. The third kappa shape index (κ3) is 3.92. The Morgan fingerprint density at radius 1 is 1.21 bits per heavy atom. The average Bonchev–Trinajstić information content (AvgIpc) is 2.39. The van der Waals surface area contributed by atoms with Crippen LogP contribution < -0.4 is 9.64 Å². The lowest BCUT2D eigenvalue weighted by Gasteiger charge is -2.30. The molecule has 0 amide bonds. The minimum absolute atomic E-state index is 0.615. The molecule has 2 rings (SSSR count). The van der Waals surface area contributed by atoms with Crippen molar-refractivity contribution in [3.05, 3.63) is 29.8 Å². The second kappa shape index (κ2) is 5.90. The van der Waals surface area contributed by atoms with Crippen LogP contribution in [-0.4, -0.2) is 52.3 Å². The molecular weight excluding hydrogens is 264 g/mol. The molecule has 1 aliphatic heterocycles. The molecule has 0 saturated carbocycles. The number of nitrogens with one attached hydrogen (secondary N) is 1. The van der Waals surface area contributed by atoms with Crippen LogP contribution in [0.5, 0.6) is 5.75 Å². The van der Waals surface area contributed by atoms with E-state index in [1.54, 1.807) is 11.4 Å². The smallest absolute Gasteiger partial charge is 0.211 e. The van der Waals surface area contributed by atoms with E-state index < -0.39 is 10.0 Å². The van der Waals surface area contributed by atoms with Crippen LogP contribution in [0.3, 0.4) is 0 Å². The van der Waals surface area contributed by atoms with Crippen LogP contribution in [0, 0.1) is 0 Å². The van der Waals surface area contributed by atoms with E-state index in [9.17, 15) is 8.42 Å². The zero-order valence-corrected chi connectivity index (χ0v) is 12.2. The number of nitrogens with zero attached hydrogens (tertiary/aromatic N) is 1. The minimum atomic E-state index is -3.03. The van der Waals surface area contributed by atoms with Crippen LogP contribution in [0.2, 0.25) is 0 Å². The van der Waals surface area contributed by atoms with E-state index in [4.69, 9.17) is 4.74 Å². The third-order valence-electron chi connectivity index (χ3n) is 3.51. The molecule has 1 N–H and O–H groups in total. The van der Waals surface area contributed by atoms with Crippen molar-refractivity contribution in [2.45, 2.75) is 6.54 Å². The highest BCUT2D eigenvalue weighted by atomic mass is 32.2. The summed E-state index contributed by atoms with van der Waals surface area (Å²) in [5.74, 6) is 0.862. The van der Waals surface area contributed by atoms with Crippen molar-refractivity contribution in [1.29, 1.82) is 0 Å². The molecule has 0 spiro atoms. The summed E-state index contributed by atoms with van der Waals surface area (Å²) in [7, 11) is -1.37. The van der Waals surface area contributed by atoms with Gasteiger partial charge >= 0.3 is 0 Å². The third-order valence-corrected chi connectivity index (χ3v) is 4.81. The maximum Gasteiger partial charge on any atom is 0.211 e. The summed E-state index contributed by atoms with van der Waals surface area (Å²) in [5.41, 5.74) is 1.25. The fraction of sp³-hybridized carbons (Fsp3) is 0.538. The quantitative estimate of drug-likeness (QED) is 0.800. The van der Waals surface area contributed by atoms with Crippen molar-refractivity contribution in [3.63, 3.8) is 0 Å². The molecule has 6 heteroatoms. The van der Waals surface area contributed by atoms with Crippen molar-refractivity contribution in [2.75, 3.05) is 39.5 Å². The van der Waals surface area contributed by atoms with Gasteiger partial charge in [-0.05, 0) is 24.3 Å². The van der Waals surface area contributed by atoms with E-state index in [1.165, 1.54) is 16.7 Å². The first-order valence-corrected chi connectivity index (χ1v) is 8.25. The maximum absolute atomic E-state index is 11.4. The lowest BCUT2D eigenvalue weighted by molar-refractivity contribution is -0.917. The lowest BCUT2D eigenvalue weighted by atomic mass is 10.2. The molecule has 0 aliphatic carbocycles. The first-order chi connectivity index (χ1) is 8.99. The molecule has 1 heterocycles. The Kier molecular flexibility index (Phi) is 4.44. The molecule has 1 aromatic rings. The van der Waals surface area contributed by atoms with Gasteiger partial charge in [0.1, 0.15) is 12.3 Å². The summed E-state index contributed by atoms with van der Waals surface area (Å²) in [4.78, 5) is 1.42. The fourth-order valence-electron chi connectivity index (χ4n) is 2.34. The van der Waals surface area contributed by atoms with Gasteiger partial charge in [0.2, 0.25) is 10.0 Å². The number of hydrogen-bond acceptors (Lipinski definition) is 3. The van der Waals surface area contributed by atoms with E-state index in [-0.39, 0.29) is 0 Å². The van der Waals surface area contributed by atoms with Crippen LogP contribution in [0.25, 0.3) is 0 Å². The summed E-state index contributed by atoms with van der Waals surface area (Å²) in [6, 6.07) is 8.05. The van der Waals surface area contributed by atoms with Crippen molar-refractivity contribution in [1.82, 2.24) is 4.31 Å². The van der Waals surface area contributed by atoms with E-state index in [0.717, 1.165) is 25.4 Å². The largest absolute Gasteiger partial charge is 0.497 e. The normalized spacial score (nSPS) is 18.4. The van der Waals surface area contributed by atoms with E-state index in [0.29, 0.717) is 13.1 Å². The highest BCUT2D eigenvalue weighted by Crippen LogP contribution is 2.10. The molecule has 1 aliphatic rings. The summed E-state index contributed by atoms with van der Waals surface area (Å²) in [6.45, 7) is 3.88. The Hall–Kier alpha value is -1.11. The lowest BCUT2D eigenvalue weighted by Crippen LogP contribution is -3.13. The van der Waals surface area contributed by atoms with Crippen LogP contribution in [0.4, 0.5) is 0 Å². The molecule has 0 atom stereocenters. The highest BCUT2D eigenvalue weighted by molar-refractivity contribution is 7.88. The Labute approximate surface area is 114 Å². The van der Waals surface area contributed by atoms with Gasteiger partial charge in [-0.3, -0.25) is 0 Å². The van der Waals surface area contributed by atoms with E-state index in [1.807, 2.05) is 12.1 Å². The monoisotopic (exact) mass is 285 g/mol. The topological polar surface area (TPSA) is 51.1 Å². The van der Waals surface area contributed by atoms with Crippen molar-refractivity contribution < 1.29 is 18.1 Å². The van der Waals surface area contributed by atoms with Gasteiger partial charge in [-0.1, -0.05) is 0 Å². The summed E-state index contributed by atoms with van der Waals surface area (Å²) in [5, 5.41) is 0. The fourth-order valence-corrected chi connectivity index (χ4v) is 3.19. The number of rotatable bonds is 4. The van der Waals surface area contributed by atoms with Crippen LogP contribution in [-0.2, 0) is 16.6 Å². The molecule has 5 nitrogen and oxygen atoms in total. The molecule has 0 aromatic heterocycles. The highest BCUT2D eigenvalue weighted by Gasteiger charge is 2.25. The zero-order chi connectivity index (χ0) is 13.9. The second-order valence-corrected chi connectivity index (χ2v) is 6.92. The molecule has 1 fully saturated rings. The summed E-state index contributed by atoms with van der Waals surface area (Å²) >= 11 is 0. The number of quaternary nitrogens is 1. The van der Waals surface area contributed by atoms with Crippen molar-refractivity contribution >= 4 is 10.0 Å². The minimum Gasteiger partial charge on any atom is -0.497 e. The van der Waals surface area contributed by atoms with Gasteiger partial charge in [0.15, 0.2) is 0 Å². The molecule has 19 heavy (non-hydrogen) atoms. The van der Waals surface area contributed by atoms with Gasteiger partial charge < -0.3 is 9.64 Å². The van der Waals surface area contributed by atoms with E-state index >= 15 is 0 Å². The number of methoxy groups -OCH3 is 1.